The van der Waals surface area contributed by atoms with Crippen LogP contribution in [0, 0.1) is 5.41 Å². The van der Waals surface area contributed by atoms with Gasteiger partial charge in [0.25, 0.3) is 5.41 Å². The molecule has 0 saturated carbocycles. The zero-order chi connectivity index (χ0) is 30.0. The Hall–Kier alpha value is -5.21. The first-order valence-electron chi connectivity index (χ1n) is 12.7. The van der Waals surface area contributed by atoms with Crippen molar-refractivity contribution in [1.82, 2.24) is 0 Å². The summed E-state index contributed by atoms with van der Waals surface area (Å²) < 4.78 is 21.7. The van der Waals surface area contributed by atoms with Gasteiger partial charge in [0, 0.05) is 17.0 Å². The molecule has 0 fully saturated rings. The van der Waals surface area contributed by atoms with Gasteiger partial charge in [-0.2, -0.15) is 0 Å². The van der Waals surface area contributed by atoms with E-state index in [1.807, 2.05) is 0 Å². The lowest BCUT2D eigenvalue weighted by Crippen LogP contribution is -2.53. The van der Waals surface area contributed by atoms with Gasteiger partial charge in [0.1, 0.15) is 23.9 Å². The molecule has 0 N–H and O–H groups in total. The molecule has 0 aliphatic rings. The molecule has 0 aromatic heterocycles. The molecule has 0 aliphatic heterocycles. The molecule has 8 nitrogen and oxygen atoms in total. The summed E-state index contributed by atoms with van der Waals surface area (Å²) in [6.45, 7) is 3.56. The van der Waals surface area contributed by atoms with Crippen molar-refractivity contribution >= 4 is 35.5 Å². The Morgan fingerprint density at radius 1 is 0.595 bits per heavy atom. The second kappa shape index (κ2) is 13.9. The zero-order valence-corrected chi connectivity index (χ0v) is 23.0. The highest BCUT2D eigenvalue weighted by Crippen LogP contribution is 2.34. The minimum absolute atomic E-state index is 0.0443. The van der Waals surface area contributed by atoms with Gasteiger partial charge in [0.2, 0.25) is 0 Å². The van der Waals surface area contributed by atoms with Crippen molar-refractivity contribution in [2.45, 2.75) is 13.0 Å². The smallest absolute Gasteiger partial charge is 0.340 e. The molecular formula is C33H25ClO8. The molecule has 0 bridgehead atoms. The first-order valence-corrected chi connectivity index (χ1v) is 13.1. The second-order valence-electron chi connectivity index (χ2n) is 9.00. The predicted molar refractivity (Wildman–Crippen MR) is 154 cm³/mol. The highest BCUT2D eigenvalue weighted by molar-refractivity contribution is 6.30. The van der Waals surface area contributed by atoms with E-state index in [1.165, 1.54) is 36.4 Å². The lowest BCUT2D eigenvalue weighted by Gasteiger charge is -2.27. The summed E-state index contributed by atoms with van der Waals surface area (Å²) in [5, 5.41) is 0.505. The quantitative estimate of drug-likeness (QED) is 0.0897. The summed E-state index contributed by atoms with van der Waals surface area (Å²) in [7, 11) is 0. The number of ether oxygens (including phenoxy) is 4. The molecule has 4 rings (SSSR count). The molecule has 0 saturated heterocycles. The number of rotatable bonds is 11. The zero-order valence-electron chi connectivity index (χ0n) is 22.2. The van der Waals surface area contributed by atoms with E-state index in [4.69, 9.17) is 30.5 Å². The van der Waals surface area contributed by atoms with E-state index in [2.05, 4.69) is 6.58 Å². The molecule has 0 radical (unpaired) electrons. The van der Waals surface area contributed by atoms with Crippen LogP contribution in [0.2, 0.25) is 5.02 Å². The van der Waals surface area contributed by atoms with Gasteiger partial charge < -0.3 is 18.9 Å². The maximum Gasteiger partial charge on any atom is 0.340 e. The molecule has 4 aromatic carbocycles. The summed E-state index contributed by atoms with van der Waals surface area (Å²) >= 11 is 5.91. The van der Waals surface area contributed by atoms with Gasteiger partial charge >= 0.3 is 23.9 Å². The number of esters is 4. The fraction of sp³-hybridized carbons (Fsp3) is 0.0909. The average Bonchev–Trinajstić information content (AvgIpc) is 3.00. The third kappa shape index (κ3) is 7.50. The lowest BCUT2D eigenvalue weighted by molar-refractivity contribution is -0.171. The summed E-state index contributed by atoms with van der Waals surface area (Å²) in [5.41, 5.74) is -2.55. The first kappa shape index (κ1) is 29.8. The van der Waals surface area contributed by atoms with Crippen LogP contribution in [0.4, 0.5) is 0 Å². The molecule has 0 atom stereocenters. The van der Waals surface area contributed by atoms with Crippen LogP contribution < -0.4 is 14.2 Å². The summed E-state index contributed by atoms with van der Waals surface area (Å²) in [6, 6.07) is 30.0. The number of carbonyl (C=O) groups is 4. The Kier molecular flexibility index (Phi) is 9.86. The van der Waals surface area contributed by atoms with E-state index in [0.717, 1.165) is 0 Å². The Morgan fingerprint density at radius 2 is 0.976 bits per heavy atom. The van der Waals surface area contributed by atoms with Gasteiger partial charge in [-0.25, -0.2) is 19.2 Å². The standard InChI is InChI=1S/C33H25ClO8/c1-23(29(35)39-22-24-17-19-25(34)20-18-24)21-33(30(36)40-26-11-5-2-6-12-26,31(37)41-27-13-7-3-8-14-27)32(38)42-28-15-9-4-10-16-28/h2-20H,1,21-22H2. The second-order valence-corrected chi connectivity index (χ2v) is 9.43. The minimum atomic E-state index is -2.81. The van der Waals surface area contributed by atoms with Crippen molar-refractivity contribution in [3.8, 4) is 17.2 Å². The third-order valence-corrected chi connectivity index (χ3v) is 6.21. The van der Waals surface area contributed by atoms with Gasteiger partial charge in [0.05, 0.1) is 0 Å². The fourth-order valence-electron chi connectivity index (χ4n) is 3.74. The van der Waals surface area contributed by atoms with E-state index in [0.29, 0.717) is 10.6 Å². The summed E-state index contributed by atoms with van der Waals surface area (Å²) in [4.78, 5) is 54.5. The van der Waals surface area contributed by atoms with Gasteiger partial charge in [-0.1, -0.05) is 84.9 Å². The molecule has 42 heavy (non-hydrogen) atoms. The summed E-state index contributed by atoms with van der Waals surface area (Å²) in [5.74, 6) is -4.82. The number of halogens is 1. The highest BCUT2D eigenvalue weighted by Gasteiger charge is 2.59. The minimum Gasteiger partial charge on any atom is -0.457 e. The topological polar surface area (TPSA) is 105 Å². The number of carbonyl (C=O) groups excluding carboxylic acids is 4. The van der Waals surface area contributed by atoms with Crippen molar-refractivity contribution in [2.24, 2.45) is 5.41 Å². The molecule has 0 spiro atoms. The molecule has 0 unspecified atom stereocenters. The Balaban J connectivity index is 1.69. The number of hydrogen-bond donors (Lipinski definition) is 0. The third-order valence-electron chi connectivity index (χ3n) is 5.96. The van der Waals surface area contributed by atoms with Crippen LogP contribution in [0.1, 0.15) is 12.0 Å². The molecule has 9 heteroatoms. The fourth-order valence-corrected chi connectivity index (χ4v) is 3.86. The highest BCUT2D eigenvalue weighted by atomic mass is 35.5. The summed E-state index contributed by atoms with van der Waals surface area (Å²) in [6.07, 6.45) is -0.852. The van der Waals surface area contributed by atoms with Crippen LogP contribution in [0.25, 0.3) is 0 Å². The average molecular weight is 585 g/mol. The maximum atomic E-state index is 13.8. The van der Waals surface area contributed by atoms with Gasteiger partial charge in [-0.05, 0) is 54.1 Å². The van der Waals surface area contributed by atoms with Crippen molar-refractivity contribution < 1.29 is 38.1 Å². The number of para-hydroxylation sites is 3. The van der Waals surface area contributed by atoms with Gasteiger partial charge in [-0.3, -0.25) is 0 Å². The molecule has 0 heterocycles. The van der Waals surface area contributed by atoms with E-state index in [9.17, 15) is 19.2 Å². The maximum absolute atomic E-state index is 13.8. The largest absolute Gasteiger partial charge is 0.457 e. The van der Waals surface area contributed by atoms with Crippen molar-refractivity contribution in [3.63, 3.8) is 0 Å². The Morgan fingerprint density at radius 3 is 1.36 bits per heavy atom. The van der Waals surface area contributed by atoms with Crippen LogP contribution >= 0.6 is 11.6 Å². The van der Waals surface area contributed by atoms with E-state index < -0.39 is 35.7 Å². The van der Waals surface area contributed by atoms with E-state index >= 15 is 0 Å². The van der Waals surface area contributed by atoms with E-state index in [1.54, 1.807) is 78.9 Å². The van der Waals surface area contributed by atoms with Crippen LogP contribution in [0.3, 0.4) is 0 Å². The van der Waals surface area contributed by atoms with Crippen LogP contribution in [-0.4, -0.2) is 23.9 Å². The van der Waals surface area contributed by atoms with Crippen molar-refractivity contribution in [1.29, 1.82) is 0 Å². The number of hydrogen-bond acceptors (Lipinski definition) is 8. The van der Waals surface area contributed by atoms with Crippen LogP contribution in [-0.2, 0) is 30.5 Å². The van der Waals surface area contributed by atoms with Crippen LogP contribution in [0.15, 0.2) is 127 Å². The Labute approximate surface area is 247 Å². The van der Waals surface area contributed by atoms with Crippen molar-refractivity contribution in [2.75, 3.05) is 0 Å². The van der Waals surface area contributed by atoms with E-state index in [-0.39, 0.29) is 29.4 Å². The Bertz CT molecular complexity index is 1420. The molecule has 4 aromatic rings. The first-order chi connectivity index (χ1) is 20.3. The number of benzene rings is 4. The lowest BCUT2D eigenvalue weighted by atomic mass is 9.81. The molecular weight excluding hydrogens is 560 g/mol. The van der Waals surface area contributed by atoms with Crippen LogP contribution in [0.5, 0.6) is 17.2 Å². The predicted octanol–water partition coefficient (Wildman–Crippen LogP) is 6.13. The molecule has 212 valence electrons. The van der Waals surface area contributed by atoms with Gasteiger partial charge in [-0.15, -0.1) is 0 Å². The molecule has 0 aliphatic carbocycles. The monoisotopic (exact) mass is 584 g/mol. The van der Waals surface area contributed by atoms with Crippen molar-refractivity contribution in [3.05, 3.63) is 138 Å². The molecule has 0 amide bonds. The SMILES string of the molecule is C=C(CC(C(=O)Oc1ccccc1)(C(=O)Oc1ccccc1)C(=O)Oc1ccccc1)C(=O)OCc1ccc(Cl)cc1. The van der Waals surface area contributed by atoms with Gasteiger partial charge in [0.15, 0.2) is 0 Å². The normalized spacial score (nSPS) is 10.7.